The smallest absolute Gasteiger partial charge is 0.320 e. The van der Waals surface area contributed by atoms with Gasteiger partial charge in [-0.2, -0.15) is 0 Å². The van der Waals surface area contributed by atoms with Gasteiger partial charge in [-0.3, -0.25) is 0 Å². The van der Waals surface area contributed by atoms with Crippen molar-refractivity contribution in [3.63, 3.8) is 0 Å². The van der Waals surface area contributed by atoms with Crippen LogP contribution < -0.4 is 0 Å². The zero-order valence-electron chi connectivity index (χ0n) is 13.9. The molecule has 3 heterocycles. The molecule has 2 bridgehead atoms. The van der Waals surface area contributed by atoms with Gasteiger partial charge in [-0.1, -0.05) is 6.07 Å². The van der Waals surface area contributed by atoms with Crippen LogP contribution in [0.4, 0.5) is 13.6 Å². The van der Waals surface area contributed by atoms with Gasteiger partial charge >= 0.3 is 6.03 Å². The zero-order chi connectivity index (χ0) is 16.7. The maximum absolute atomic E-state index is 14.1. The highest BCUT2D eigenvalue weighted by Crippen LogP contribution is 2.44. The SMILES string of the molecule is O=C(N1CCCCC1)N1[C@@H]2CC[C@@H]1CC(c1ccc(F)cc1F)C2. The third kappa shape index (κ3) is 2.78. The van der Waals surface area contributed by atoms with E-state index in [-0.39, 0.29) is 24.0 Å². The number of carbonyl (C=O) groups is 1. The molecule has 130 valence electrons. The standard InChI is InChI=1S/C19H24F2N2O/c20-14-4-7-17(18(21)12-14)13-10-15-5-6-16(11-13)23(15)19(24)22-8-2-1-3-9-22/h4,7,12-13,15-16H,1-3,5-6,8-11H2/t15-,16-/m1/s1. The maximum atomic E-state index is 14.1. The van der Waals surface area contributed by atoms with Crippen molar-refractivity contribution in [2.24, 2.45) is 0 Å². The van der Waals surface area contributed by atoms with E-state index in [9.17, 15) is 13.6 Å². The highest BCUT2D eigenvalue weighted by atomic mass is 19.1. The van der Waals surface area contributed by atoms with Gasteiger partial charge in [0.05, 0.1) is 0 Å². The van der Waals surface area contributed by atoms with Gasteiger partial charge in [-0.05, 0) is 62.5 Å². The van der Waals surface area contributed by atoms with Gasteiger partial charge in [0.1, 0.15) is 11.6 Å². The molecule has 0 spiro atoms. The minimum absolute atomic E-state index is 0.0912. The summed E-state index contributed by atoms with van der Waals surface area (Å²) in [6.45, 7) is 1.73. The molecule has 0 saturated carbocycles. The van der Waals surface area contributed by atoms with E-state index in [0.29, 0.717) is 5.56 Å². The fourth-order valence-corrected chi connectivity index (χ4v) is 4.82. The first-order valence-electron chi connectivity index (χ1n) is 9.15. The number of rotatable bonds is 1. The van der Waals surface area contributed by atoms with Crippen molar-refractivity contribution in [2.45, 2.75) is 62.9 Å². The zero-order valence-corrected chi connectivity index (χ0v) is 13.9. The van der Waals surface area contributed by atoms with Crippen molar-refractivity contribution in [2.75, 3.05) is 13.1 Å². The van der Waals surface area contributed by atoms with Crippen LogP contribution in [-0.4, -0.2) is 41.0 Å². The van der Waals surface area contributed by atoms with Crippen molar-refractivity contribution in [3.05, 3.63) is 35.4 Å². The number of amides is 2. The Bertz CT molecular complexity index is 616. The molecule has 3 aliphatic heterocycles. The number of nitrogens with zero attached hydrogens (tertiary/aromatic N) is 2. The molecular formula is C19H24F2N2O. The summed E-state index contributed by atoms with van der Waals surface area (Å²) < 4.78 is 27.3. The molecule has 0 aromatic heterocycles. The van der Waals surface area contributed by atoms with Crippen LogP contribution in [0.25, 0.3) is 0 Å². The number of urea groups is 1. The van der Waals surface area contributed by atoms with E-state index >= 15 is 0 Å². The van der Waals surface area contributed by atoms with Gasteiger partial charge in [0.2, 0.25) is 0 Å². The van der Waals surface area contributed by atoms with Crippen molar-refractivity contribution >= 4 is 6.03 Å². The first kappa shape index (κ1) is 15.9. The van der Waals surface area contributed by atoms with Gasteiger partial charge in [0.25, 0.3) is 0 Å². The number of carbonyl (C=O) groups excluding carboxylic acids is 1. The summed E-state index contributed by atoms with van der Waals surface area (Å²) in [6, 6.07) is 4.48. The fraction of sp³-hybridized carbons (Fsp3) is 0.632. The molecule has 1 aromatic rings. The van der Waals surface area contributed by atoms with Crippen LogP contribution in [0.5, 0.6) is 0 Å². The largest absolute Gasteiger partial charge is 0.325 e. The fourth-order valence-electron chi connectivity index (χ4n) is 4.82. The van der Waals surface area contributed by atoms with E-state index in [2.05, 4.69) is 4.90 Å². The molecule has 2 atom stereocenters. The maximum Gasteiger partial charge on any atom is 0.320 e. The second kappa shape index (κ2) is 6.34. The molecule has 0 radical (unpaired) electrons. The monoisotopic (exact) mass is 334 g/mol. The number of piperidine rings is 2. The van der Waals surface area contributed by atoms with Crippen LogP contribution in [0.3, 0.4) is 0 Å². The topological polar surface area (TPSA) is 23.6 Å². The molecule has 0 aliphatic carbocycles. The number of hydrogen-bond acceptors (Lipinski definition) is 1. The van der Waals surface area contributed by atoms with Crippen LogP contribution in [0.15, 0.2) is 18.2 Å². The summed E-state index contributed by atoms with van der Waals surface area (Å²) in [6.07, 6.45) is 6.99. The highest BCUT2D eigenvalue weighted by molar-refractivity contribution is 5.76. The summed E-state index contributed by atoms with van der Waals surface area (Å²) in [4.78, 5) is 17.0. The summed E-state index contributed by atoms with van der Waals surface area (Å²) in [5.41, 5.74) is 0.610. The average molecular weight is 334 g/mol. The third-order valence-corrected chi connectivity index (χ3v) is 5.98. The molecule has 0 unspecified atom stereocenters. The highest BCUT2D eigenvalue weighted by Gasteiger charge is 2.45. The molecule has 3 nitrogen and oxygen atoms in total. The first-order chi connectivity index (χ1) is 11.6. The Morgan fingerprint density at radius 1 is 1.00 bits per heavy atom. The van der Waals surface area contributed by atoms with Crippen LogP contribution in [0.2, 0.25) is 0 Å². The molecule has 2 amide bonds. The molecule has 3 aliphatic rings. The van der Waals surface area contributed by atoms with Crippen molar-refractivity contribution < 1.29 is 13.6 Å². The summed E-state index contributed by atoms with van der Waals surface area (Å²) in [5.74, 6) is -0.888. The lowest BCUT2D eigenvalue weighted by Gasteiger charge is -2.42. The second-order valence-electron chi connectivity index (χ2n) is 7.46. The second-order valence-corrected chi connectivity index (χ2v) is 7.46. The number of hydrogen-bond donors (Lipinski definition) is 0. The molecule has 3 saturated heterocycles. The van der Waals surface area contributed by atoms with Gasteiger partial charge in [-0.25, -0.2) is 13.6 Å². The summed E-state index contributed by atoms with van der Waals surface area (Å²) >= 11 is 0. The lowest BCUT2D eigenvalue weighted by molar-refractivity contribution is 0.0987. The Morgan fingerprint density at radius 3 is 2.29 bits per heavy atom. The minimum atomic E-state index is -0.531. The molecule has 1 aromatic carbocycles. The molecule has 0 N–H and O–H groups in total. The Hall–Kier alpha value is -1.65. The molecule has 3 fully saturated rings. The van der Waals surface area contributed by atoms with Crippen LogP contribution >= 0.6 is 0 Å². The van der Waals surface area contributed by atoms with Gasteiger partial charge in [0.15, 0.2) is 0 Å². The lowest BCUT2D eigenvalue weighted by Crippen LogP contribution is -2.53. The van der Waals surface area contributed by atoms with Crippen molar-refractivity contribution in [1.82, 2.24) is 9.80 Å². The Balaban J connectivity index is 1.50. The predicted octanol–water partition coefficient (Wildman–Crippen LogP) is 4.28. The van der Waals surface area contributed by atoms with Crippen LogP contribution in [-0.2, 0) is 0 Å². The summed E-state index contributed by atoms with van der Waals surface area (Å²) in [5, 5.41) is 0. The number of likely N-dealkylation sites (tertiary alicyclic amines) is 1. The first-order valence-corrected chi connectivity index (χ1v) is 9.15. The Labute approximate surface area is 141 Å². The minimum Gasteiger partial charge on any atom is -0.325 e. The molecular weight excluding hydrogens is 310 g/mol. The lowest BCUT2D eigenvalue weighted by atomic mass is 9.85. The third-order valence-electron chi connectivity index (χ3n) is 5.98. The van der Waals surface area contributed by atoms with E-state index in [1.54, 1.807) is 6.07 Å². The average Bonchev–Trinajstić information content (AvgIpc) is 2.85. The molecule has 4 rings (SSSR count). The van der Waals surface area contributed by atoms with Gasteiger partial charge < -0.3 is 9.80 Å². The van der Waals surface area contributed by atoms with Gasteiger partial charge in [-0.15, -0.1) is 0 Å². The number of halogens is 2. The van der Waals surface area contributed by atoms with Gasteiger partial charge in [0, 0.05) is 31.2 Å². The van der Waals surface area contributed by atoms with E-state index in [1.165, 1.54) is 12.5 Å². The van der Waals surface area contributed by atoms with Crippen LogP contribution in [0, 0.1) is 11.6 Å². The molecule has 24 heavy (non-hydrogen) atoms. The predicted molar refractivity (Wildman–Crippen MR) is 87.8 cm³/mol. The van der Waals surface area contributed by atoms with Crippen molar-refractivity contribution in [3.8, 4) is 0 Å². The van der Waals surface area contributed by atoms with Crippen molar-refractivity contribution in [1.29, 1.82) is 0 Å². The Morgan fingerprint density at radius 2 is 1.67 bits per heavy atom. The molecule has 5 heteroatoms. The van der Waals surface area contributed by atoms with Crippen LogP contribution in [0.1, 0.15) is 56.4 Å². The van der Waals surface area contributed by atoms with E-state index in [0.717, 1.165) is 57.7 Å². The quantitative estimate of drug-likeness (QED) is 0.752. The Kier molecular flexibility index (Phi) is 4.19. The normalized spacial score (nSPS) is 29.8. The van der Waals surface area contributed by atoms with E-state index in [4.69, 9.17) is 0 Å². The van der Waals surface area contributed by atoms with E-state index < -0.39 is 11.6 Å². The number of fused-ring (bicyclic) bond motifs is 2. The van der Waals surface area contributed by atoms with E-state index in [1.807, 2.05) is 4.90 Å². The summed E-state index contributed by atoms with van der Waals surface area (Å²) in [7, 11) is 0. The number of benzene rings is 1.